The van der Waals surface area contributed by atoms with Gasteiger partial charge >= 0.3 is 5.97 Å². The zero-order chi connectivity index (χ0) is 19.2. The lowest BCUT2D eigenvalue weighted by atomic mass is 9.79. The molecular formula is C16H17BrN2O7. The molecule has 1 aromatic rings. The molecule has 26 heavy (non-hydrogen) atoms. The number of hydrogen-bond acceptors (Lipinski definition) is 7. The number of imide groups is 1. The van der Waals surface area contributed by atoms with Crippen LogP contribution in [0.5, 0.6) is 11.5 Å². The van der Waals surface area contributed by atoms with E-state index in [-0.39, 0.29) is 0 Å². The molecule has 0 aromatic heterocycles. The zero-order valence-corrected chi connectivity index (χ0v) is 15.5. The molecule has 2 heterocycles. The third kappa shape index (κ3) is 2.48. The number of rotatable bonds is 5. The van der Waals surface area contributed by atoms with Gasteiger partial charge in [-0.1, -0.05) is 0 Å². The van der Waals surface area contributed by atoms with Gasteiger partial charge in [0, 0.05) is 6.04 Å². The van der Waals surface area contributed by atoms with Crippen molar-refractivity contribution in [2.45, 2.75) is 11.6 Å². The molecule has 4 atom stereocenters. The molecule has 1 aromatic carbocycles. The van der Waals surface area contributed by atoms with Gasteiger partial charge in [-0.15, -0.1) is 0 Å². The highest BCUT2D eigenvalue weighted by atomic mass is 79.9. The van der Waals surface area contributed by atoms with Crippen LogP contribution in [-0.2, 0) is 14.4 Å². The summed E-state index contributed by atoms with van der Waals surface area (Å²) in [7, 11) is 2.91. The topological polar surface area (TPSA) is 134 Å². The molecule has 10 heteroatoms. The van der Waals surface area contributed by atoms with Crippen molar-refractivity contribution in [3.05, 3.63) is 22.2 Å². The van der Waals surface area contributed by atoms with Gasteiger partial charge in [-0.25, -0.2) is 0 Å². The number of nitrogens with one attached hydrogen (secondary N) is 2. The van der Waals surface area contributed by atoms with Crippen molar-refractivity contribution in [1.29, 1.82) is 0 Å². The summed E-state index contributed by atoms with van der Waals surface area (Å²) >= 11 is 3.35. The van der Waals surface area contributed by atoms with E-state index >= 15 is 0 Å². The second kappa shape index (κ2) is 6.53. The van der Waals surface area contributed by atoms with Crippen molar-refractivity contribution in [3.63, 3.8) is 0 Å². The predicted molar refractivity (Wildman–Crippen MR) is 90.7 cm³/mol. The maximum atomic E-state index is 12.3. The van der Waals surface area contributed by atoms with Crippen LogP contribution in [-0.4, -0.2) is 54.4 Å². The first-order valence-electron chi connectivity index (χ1n) is 7.68. The van der Waals surface area contributed by atoms with Crippen molar-refractivity contribution in [1.82, 2.24) is 10.6 Å². The van der Waals surface area contributed by atoms with Gasteiger partial charge in [0.15, 0.2) is 17.0 Å². The third-order valence-electron chi connectivity index (χ3n) is 4.94. The monoisotopic (exact) mass is 428 g/mol. The van der Waals surface area contributed by atoms with Crippen molar-refractivity contribution < 1.29 is 34.1 Å². The summed E-state index contributed by atoms with van der Waals surface area (Å²) < 4.78 is 11.1. The Morgan fingerprint density at radius 3 is 2.50 bits per heavy atom. The number of hydrogen-bond donors (Lipinski definition) is 4. The molecule has 0 spiro atoms. The van der Waals surface area contributed by atoms with Gasteiger partial charge in [0.2, 0.25) is 11.8 Å². The number of aliphatic hydroxyl groups is 1. The molecule has 140 valence electrons. The Balaban J connectivity index is 2.14. The molecule has 3 rings (SSSR count). The van der Waals surface area contributed by atoms with Gasteiger partial charge in [0.05, 0.1) is 37.1 Å². The lowest BCUT2D eigenvalue weighted by Crippen LogP contribution is -2.58. The van der Waals surface area contributed by atoms with Crippen LogP contribution in [0.15, 0.2) is 16.6 Å². The standard InChI is InChI=1S/C16H17BrN2O7/c1-25-8-4-6(3-7(17)12(8)26-2)11-9-10(14(22)18-13(9)21)16(5-20,19-11)15(23)24/h3-4,9-11,19-20H,5H2,1-2H3,(H,23,24)(H,18,21,22). The quantitative estimate of drug-likeness (QED) is 0.474. The van der Waals surface area contributed by atoms with E-state index in [4.69, 9.17) is 9.47 Å². The van der Waals surface area contributed by atoms with E-state index in [1.165, 1.54) is 14.2 Å². The molecule has 0 bridgehead atoms. The first-order valence-corrected chi connectivity index (χ1v) is 8.48. The Morgan fingerprint density at radius 1 is 1.27 bits per heavy atom. The van der Waals surface area contributed by atoms with E-state index in [2.05, 4.69) is 26.6 Å². The fourth-order valence-electron chi connectivity index (χ4n) is 3.74. The summed E-state index contributed by atoms with van der Waals surface area (Å²) in [5.74, 6) is -4.10. The molecule has 2 amide bonds. The van der Waals surface area contributed by atoms with E-state index < -0.39 is 47.8 Å². The molecule has 2 fully saturated rings. The maximum Gasteiger partial charge on any atom is 0.327 e. The largest absolute Gasteiger partial charge is 0.493 e. The number of carbonyl (C=O) groups is 3. The number of aliphatic carboxylic acids is 1. The van der Waals surface area contributed by atoms with E-state index in [1.54, 1.807) is 12.1 Å². The molecule has 2 aliphatic heterocycles. The minimum Gasteiger partial charge on any atom is -0.493 e. The first kappa shape index (κ1) is 18.6. The summed E-state index contributed by atoms with van der Waals surface area (Å²) in [4.78, 5) is 36.4. The lowest BCUT2D eigenvalue weighted by molar-refractivity contribution is -0.151. The average molecular weight is 429 g/mol. The number of carboxylic acid groups (broad SMARTS) is 1. The number of carbonyl (C=O) groups excluding carboxylic acids is 2. The van der Waals surface area contributed by atoms with Crippen molar-refractivity contribution in [3.8, 4) is 11.5 Å². The molecule has 9 nitrogen and oxygen atoms in total. The SMILES string of the molecule is COc1cc(C2NC(CO)(C(=O)O)C3C(=O)NC(=O)C23)cc(Br)c1OC. The Labute approximate surface area is 156 Å². The predicted octanol–water partition coefficient (Wildman–Crippen LogP) is -0.185. The second-order valence-corrected chi connectivity index (χ2v) is 7.01. The van der Waals surface area contributed by atoms with Crippen LogP contribution < -0.4 is 20.1 Å². The van der Waals surface area contributed by atoms with Crippen LogP contribution in [0.1, 0.15) is 11.6 Å². The molecular weight excluding hydrogens is 412 g/mol. The number of halogens is 1. The molecule has 0 radical (unpaired) electrons. The minimum atomic E-state index is -1.95. The van der Waals surface area contributed by atoms with Crippen LogP contribution in [0.25, 0.3) is 0 Å². The normalized spacial score (nSPS) is 30.1. The second-order valence-electron chi connectivity index (χ2n) is 6.15. The van der Waals surface area contributed by atoms with E-state index in [0.29, 0.717) is 21.5 Å². The van der Waals surface area contributed by atoms with Crippen LogP contribution >= 0.6 is 15.9 Å². The fraction of sp³-hybridized carbons (Fsp3) is 0.438. The third-order valence-corrected chi connectivity index (χ3v) is 5.53. The van der Waals surface area contributed by atoms with Gasteiger partial charge in [-0.3, -0.25) is 25.0 Å². The lowest BCUT2D eigenvalue weighted by Gasteiger charge is -2.27. The van der Waals surface area contributed by atoms with Crippen LogP contribution in [0.2, 0.25) is 0 Å². The molecule has 2 saturated heterocycles. The Hall–Kier alpha value is -2.17. The van der Waals surface area contributed by atoms with Gasteiger partial charge < -0.3 is 19.7 Å². The Kier molecular flexibility index (Phi) is 4.67. The number of benzene rings is 1. The number of fused-ring (bicyclic) bond motifs is 1. The van der Waals surface area contributed by atoms with Crippen LogP contribution in [0.4, 0.5) is 0 Å². The highest BCUT2D eigenvalue weighted by Crippen LogP contribution is 2.48. The Bertz CT molecular complexity index is 799. The van der Waals surface area contributed by atoms with Gasteiger partial charge in [0.25, 0.3) is 0 Å². The fourth-order valence-corrected chi connectivity index (χ4v) is 4.36. The first-order chi connectivity index (χ1) is 12.3. The highest BCUT2D eigenvalue weighted by molar-refractivity contribution is 9.10. The molecule has 0 saturated carbocycles. The van der Waals surface area contributed by atoms with Gasteiger partial charge in [0.1, 0.15) is 0 Å². The minimum absolute atomic E-state index is 0.372. The van der Waals surface area contributed by atoms with Crippen molar-refractivity contribution >= 4 is 33.7 Å². The highest BCUT2D eigenvalue weighted by Gasteiger charge is 2.66. The summed E-state index contributed by atoms with van der Waals surface area (Å²) in [6.07, 6.45) is 0. The number of carboxylic acids is 1. The summed E-state index contributed by atoms with van der Waals surface area (Å²) in [5, 5.41) is 24.4. The van der Waals surface area contributed by atoms with E-state index in [1.807, 2.05) is 0 Å². The van der Waals surface area contributed by atoms with E-state index in [0.717, 1.165) is 0 Å². The molecule has 4 N–H and O–H groups in total. The molecule has 4 unspecified atom stereocenters. The van der Waals surface area contributed by atoms with Gasteiger partial charge in [-0.05, 0) is 33.6 Å². The Morgan fingerprint density at radius 2 is 1.96 bits per heavy atom. The van der Waals surface area contributed by atoms with E-state index in [9.17, 15) is 24.6 Å². The van der Waals surface area contributed by atoms with Gasteiger partial charge in [-0.2, -0.15) is 0 Å². The van der Waals surface area contributed by atoms with Crippen molar-refractivity contribution in [2.24, 2.45) is 11.8 Å². The zero-order valence-electron chi connectivity index (χ0n) is 13.9. The smallest absolute Gasteiger partial charge is 0.327 e. The number of methoxy groups -OCH3 is 2. The number of amides is 2. The molecule has 0 aliphatic carbocycles. The summed E-state index contributed by atoms with van der Waals surface area (Å²) in [5.41, 5.74) is -1.43. The number of aliphatic hydroxyl groups excluding tert-OH is 1. The van der Waals surface area contributed by atoms with Crippen LogP contribution in [0.3, 0.4) is 0 Å². The molecule has 2 aliphatic rings. The maximum absolute atomic E-state index is 12.3. The summed E-state index contributed by atoms with van der Waals surface area (Å²) in [6.45, 7) is -0.838. The average Bonchev–Trinajstić information content (AvgIpc) is 3.11. The van der Waals surface area contributed by atoms with Crippen molar-refractivity contribution in [2.75, 3.05) is 20.8 Å². The summed E-state index contributed by atoms with van der Waals surface area (Å²) in [6, 6.07) is 2.44. The van der Waals surface area contributed by atoms with Crippen LogP contribution in [0, 0.1) is 11.8 Å². The number of ether oxygens (including phenoxy) is 2.